The van der Waals surface area contributed by atoms with Crippen molar-refractivity contribution in [2.45, 2.75) is 43.9 Å². The van der Waals surface area contributed by atoms with E-state index in [-0.39, 0.29) is 4.90 Å². The van der Waals surface area contributed by atoms with E-state index in [0.717, 1.165) is 31.6 Å². The van der Waals surface area contributed by atoms with E-state index in [0.29, 0.717) is 18.8 Å². The van der Waals surface area contributed by atoms with Crippen molar-refractivity contribution in [3.05, 3.63) is 35.4 Å². The number of hydrogen-bond donors (Lipinski definition) is 0. The van der Waals surface area contributed by atoms with Crippen LogP contribution in [0.2, 0.25) is 0 Å². The first-order valence-corrected chi connectivity index (χ1v) is 11.0. The van der Waals surface area contributed by atoms with Gasteiger partial charge in [0.05, 0.1) is 7.11 Å². The summed E-state index contributed by atoms with van der Waals surface area (Å²) in [6.45, 7) is 5.60. The van der Waals surface area contributed by atoms with Gasteiger partial charge < -0.3 is 9.64 Å². The predicted octanol–water partition coefficient (Wildman–Crippen LogP) is 3.20. The number of ether oxygens (including phenoxy) is 1. The van der Waals surface area contributed by atoms with Crippen LogP contribution in [-0.2, 0) is 10.0 Å². The van der Waals surface area contributed by atoms with E-state index in [1.165, 1.54) is 32.8 Å². The summed E-state index contributed by atoms with van der Waals surface area (Å²) in [6.07, 6.45) is 8.62. The van der Waals surface area contributed by atoms with E-state index in [1.807, 2.05) is 13.0 Å². The molecule has 5 nitrogen and oxygen atoms in total. The summed E-state index contributed by atoms with van der Waals surface area (Å²) in [7, 11) is -2.00. The third kappa shape index (κ3) is 4.48. The Morgan fingerprint density at radius 3 is 2.54 bits per heavy atom. The van der Waals surface area contributed by atoms with Crippen LogP contribution in [0.3, 0.4) is 0 Å². The lowest BCUT2D eigenvalue weighted by Gasteiger charge is -2.34. The van der Waals surface area contributed by atoms with E-state index in [2.05, 4.69) is 11.0 Å². The molecule has 0 N–H and O–H groups in total. The van der Waals surface area contributed by atoms with Gasteiger partial charge in [-0.1, -0.05) is 17.7 Å². The van der Waals surface area contributed by atoms with Gasteiger partial charge in [-0.2, -0.15) is 4.31 Å². The number of nitrogens with zero attached hydrogens (tertiary/aromatic N) is 2. The fourth-order valence-corrected chi connectivity index (χ4v) is 5.41. The molecule has 3 rings (SSSR count). The number of rotatable bonds is 6. The molecule has 6 heteroatoms. The van der Waals surface area contributed by atoms with Gasteiger partial charge in [0.2, 0.25) is 10.0 Å². The number of benzene rings is 1. The molecule has 0 unspecified atom stereocenters. The minimum absolute atomic E-state index is 0.279. The highest BCUT2D eigenvalue weighted by Gasteiger charge is 2.30. The molecule has 1 fully saturated rings. The maximum atomic E-state index is 13.0. The summed E-state index contributed by atoms with van der Waals surface area (Å²) in [5, 5.41) is 0. The Hall–Kier alpha value is -1.37. The van der Waals surface area contributed by atoms with E-state index in [9.17, 15) is 8.42 Å². The van der Waals surface area contributed by atoms with Crippen LogP contribution < -0.4 is 4.74 Å². The average molecular weight is 379 g/mol. The standard InChI is InChI=1S/C20H30N2O3S/c1-17-8-9-19(25-2)20(16-17)26(23,24)22-14-12-21(13-15-22)11-10-18-6-4-3-5-7-18/h6,8-9,16H,3-5,7,10-15H2,1-2H3. The first-order valence-electron chi connectivity index (χ1n) is 9.56. The van der Waals surface area contributed by atoms with Crippen LogP contribution >= 0.6 is 0 Å². The van der Waals surface area contributed by atoms with Crippen molar-refractivity contribution >= 4 is 10.0 Å². The van der Waals surface area contributed by atoms with Crippen LogP contribution in [0.4, 0.5) is 0 Å². The van der Waals surface area contributed by atoms with Crippen molar-refractivity contribution in [2.75, 3.05) is 39.8 Å². The van der Waals surface area contributed by atoms with Crippen LogP contribution in [0.5, 0.6) is 5.75 Å². The van der Waals surface area contributed by atoms with Crippen molar-refractivity contribution in [3.8, 4) is 5.75 Å². The Morgan fingerprint density at radius 1 is 1.12 bits per heavy atom. The Bertz CT molecular complexity index is 750. The van der Waals surface area contributed by atoms with Gasteiger partial charge in [0.25, 0.3) is 0 Å². The van der Waals surface area contributed by atoms with Crippen LogP contribution in [0.1, 0.15) is 37.7 Å². The second-order valence-electron chi connectivity index (χ2n) is 7.26. The quantitative estimate of drug-likeness (QED) is 0.714. The molecule has 1 aliphatic heterocycles. The Kier molecular flexibility index (Phi) is 6.37. The molecule has 0 amide bonds. The van der Waals surface area contributed by atoms with Crippen LogP contribution in [-0.4, -0.2) is 57.5 Å². The molecule has 1 aromatic carbocycles. The SMILES string of the molecule is COc1ccc(C)cc1S(=O)(=O)N1CCN(CCC2=CCCCC2)CC1. The zero-order chi connectivity index (χ0) is 18.6. The molecule has 1 aliphatic carbocycles. The van der Waals surface area contributed by atoms with Gasteiger partial charge in [0, 0.05) is 32.7 Å². The summed E-state index contributed by atoms with van der Waals surface area (Å²) < 4.78 is 33.0. The summed E-state index contributed by atoms with van der Waals surface area (Å²) in [5.41, 5.74) is 2.50. The highest BCUT2D eigenvalue weighted by Crippen LogP contribution is 2.28. The van der Waals surface area contributed by atoms with Crippen molar-refractivity contribution in [1.82, 2.24) is 9.21 Å². The summed E-state index contributed by atoms with van der Waals surface area (Å²) in [6, 6.07) is 5.31. The molecule has 2 aliphatic rings. The molecule has 144 valence electrons. The fraction of sp³-hybridized carbons (Fsp3) is 0.600. The summed E-state index contributed by atoms with van der Waals surface area (Å²) in [4.78, 5) is 2.66. The van der Waals surface area contributed by atoms with Crippen LogP contribution in [0, 0.1) is 6.92 Å². The van der Waals surface area contributed by atoms with Gasteiger partial charge in [0.15, 0.2) is 0 Å². The Morgan fingerprint density at radius 2 is 1.88 bits per heavy atom. The molecule has 0 radical (unpaired) electrons. The predicted molar refractivity (Wildman–Crippen MR) is 104 cm³/mol. The number of sulfonamides is 1. The molecule has 0 bridgehead atoms. The van der Waals surface area contributed by atoms with Gasteiger partial charge in [-0.25, -0.2) is 8.42 Å². The van der Waals surface area contributed by atoms with Gasteiger partial charge in [-0.3, -0.25) is 0 Å². The number of piperazine rings is 1. The first kappa shape index (κ1) is 19.4. The van der Waals surface area contributed by atoms with E-state index in [1.54, 1.807) is 22.0 Å². The van der Waals surface area contributed by atoms with Gasteiger partial charge >= 0.3 is 0 Å². The number of allylic oxidation sites excluding steroid dienone is 1. The van der Waals surface area contributed by atoms with Gasteiger partial charge in [-0.05, 0) is 56.7 Å². The van der Waals surface area contributed by atoms with Crippen molar-refractivity contribution in [1.29, 1.82) is 0 Å². The van der Waals surface area contributed by atoms with Gasteiger partial charge in [-0.15, -0.1) is 0 Å². The maximum absolute atomic E-state index is 13.0. The molecule has 1 heterocycles. The average Bonchev–Trinajstić information content (AvgIpc) is 2.67. The highest BCUT2D eigenvalue weighted by atomic mass is 32.2. The molecular formula is C20H30N2O3S. The van der Waals surface area contributed by atoms with E-state index < -0.39 is 10.0 Å². The molecule has 1 aromatic rings. The lowest BCUT2D eigenvalue weighted by atomic mass is 9.97. The van der Waals surface area contributed by atoms with Crippen molar-refractivity contribution < 1.29 is 13.2 Å². The van der Waals surface area contributed by atoms with E-state index >= 15 is 0 Å². The van der Waals surface area contributed by atoms with Crippen molar-refractivity contribution in [3.63, 3.8) is 0 Å². The second kappa shape index (κ2) is 8.55. The monoisotopic (exact) mass is 378 g/mol. The van der Waals surface area contributed by atoms with Crippen LogP contribution in [0.25, 0.3) is 0 Å². The lowest BCUT2D eigenvalue weighted by Crippen LogP contribution is -2.48. The third-order valence-corrected chi connectivity index (χ3v) is 7.32. The smallest absolute Gasteiger partial charge is 0.246 e. The number of methoxy groups -OCH3 is 1. The second-order valence-corrected chi connectivity index (χ2v) is 9.16. The third-order valence-electron chi connectivity index (χ3n) is 5.40. The molecule has 0 saturated carbocycles. The number of aryl methyl sites for hydroxylation is 1. The minimum Gasteiger partial charge on any atom is -0.495 e. The molecule has 0 spiro atoms. The Balaban J connectivity index is 1.60. The largest absolute Gasteiger partial charge is 0.495 e. The molecule has 0 atom stereocenters. The lowest BCUT2D eigenvalue weighted by molar-refractivity contribution is 0.189. The number of hydrogen-bond acceptors (Lipinski definition) is 4. The van der Waals surface area contributed by atoms with Crippen molar-refractivity contribution in [2.24, 2.45) is 0 Å². The zero-order valence-corrected chi connectivity index (χ0v) is 16.7. The fourth-order valence-electron chi connectivity index (χ4n) is 3.75. The normalized spacial score (nSPS) is 20.0. The highest BCUT2D eigenvalue weighted by molar-refractivity contribution is 7.89. The van der Waals surface area contributed by atoms with E-state index in [4.69, 9.17) is 4.74 Å². The van der Waals surface area contributed by atoms with Crippen LogP contribution in [0.15, 0.2) is 34.7 Å². The molecular weight excluding hydrogens is 348 g/mol. The molecule has 0 aromatic heterocycles. The summed E-state index contributed by atoms with van der Waals surface area (Å²) >= 11 is 0. The summed E-state index contributed by atoms with van der Waals surface area (Å²) in [5.74, 6) is 0.419. The maximum Gasteiger partial charge on any atom is 0.246 e. The minimum atomic E-state index is -3.52. The molecule has 26 heavy (non-hydrogen) atoms. The molecule has 1 saturated heterocycles. The topological polar surface area (TPSA) is 49.9 Å². The van der Waals surface area contributed by atoms with Gasteiger partial charge in [0.1, 0.15) is 10.6 Å². The zero-order valence-electron chi connectivity index (χ0n) is 15.9. The Labute approximate surface area is 157 Å². The first-order chi connectivity index (χ1) is 12.5.